The van der Waals surface area contributed by atoms with Gasteiger partial charge in [-0.25, -0.2) is 4.98 Å². The fourth-order valence-electron chi connectivity index (χ4n) is 2.48. The third-order valence-electron chi connectivity index (χ3n) is 3.48. The number of amides is 1. The molecule has 0 bridgehead atoms. The molecule has 23 heavy (non-hydrogen) atoms. The normalized spacial score (nSPS) is 11.1. The van der Waals surface area contributed by atoms with Crippen molar-refractivity contribution in [3.63, 3.8) is 0 Å². The van der Waals surface area contributed by atoms with E-state index in [-0.39, 0.29) is 0 Å². The Kier molecular flexibility index (Phi) is 3.41. The van der Waals surface area contributed by atoms with Crippen molar-refractivity contribution in [2.45, 2.75) is 0 Å². The quantitative estimate of drug-likeness (QED) is 0.569. The maximum absolute atomic E-state index is 11.6. The van der Waals surface area contributed by atoms with Crippen LogP contribution in [0.4, 0.5) is 5.69 Å². The van der Waals surface area contributed by atoms with Crippen molar-refractivity contribution in [2.24, 2.45) is 5.73 Å². The molecule has 7 heteroatoms. The number of fused-ring (bicyclic) bond motifs is 1. The second-order valence-corrected chi connectivity index (χ2v) is 7.79. The highest BCUT2D eigenvalue weighted by Crippen LogP contribution is 2.42. The maximum atomic E-state index is 11.6. The molecule has 0 unspecified atom stereocenters. The topological polar surface area (TPSA) is 82.0 Å². The summed E-state index contributed by atoms with van der Waals surface area (Å²) in [5.74, 6) is -0.514. The minimum atomic E-state index is -0.514. The molecule has 4 aromatic heterocycles. The number of hydrogen-bond donors (Lipinski definition) is 2. The van der Waals surface area contributed by atoms with E-state index in [1.807, 2.05) is 41.1 Å². The van der Waals surface area contributed by atoms with E-state index in [2.05, 4.69) is 0 Å². The lowest BCUT2D eigenvalue weighted by atomic mass is 10.1. The van der Waals surface area contributed by atoms with Crippen molar-refractivity contribution < 1.29 is 4.79 Å². The lowest BCUT2D eigenvalue weighted by Gasteiger charge is -2.05. The zero-order chi connectivity index (χ0) is 16.0. The number of hydrogen-bond acceptors (Lipinski definition) is 6. The van der Waals surface area contributed by atoms with Crippen molar-refractivity contribution in [3.8, 4) is 21.0 Å². The van der Waals surface area contributed by atoms with Crippen LogP contribution in [-0.4, -0.2) is 10.9 Å². The van der Waals surface area contributed by atoms with E-state index in [1.165, 1.54) is 11.3 Å². The number of primary amides is 1. The number of anilines is 1. The van der Waals surface area contributed by atoms with Crippen LogP contribution in [0.2, 0.25) is 0 Å². The van der Waals surface area contributed by atoms with Crippen LogP contribution in [0.1, 0.15) is 9.67 Å². The molecule has 0 radical (unpaired) electrons. The van der Waals surface area contributed by atoms with E-state index < -0.39 is 5.91 Å². The summed E-state index contributed by atoms with van der Waals surface area (Å²) in [5.41, 5.74) is 13.9. The van der Waals surface area contributed by atoms with E-state index in [9.17, 15) is 4.79 Å². The molecular weight excluding hydrogens is 346 g/mol. The first-order valence-corrected chi connectivity index (χ1v) is 9.33. The maximum Gasteiger partial charge on any atom is 0.260 e. The standard InChI is InChI=1S/C16H11N3OS3/c17-13-12-8(10-3-1-5-21-10)7-9(11-4-2-6-22-11)19-16(12)23-14(13)15(18)20/h1-7H,17H2,(H2,18,20). The molecule has 0 spiro atoms. The predicted molar refractivity (Wildman–Crippen MR) is 99.2 cm³/mol. The van der Waals surface area contributed by atoms with Gasteiger partial charge in [0.1, 0.15) is 9.71 Å². The lowest BCUT2D eigenvalue weighted by molar-refractivity contribution is 0.100. The van der Waals surface area contributed by atoms with Crippen LogP contribution in [-0.2, 0) is 0 Å². The minimum Gasteiger partial charge on any atom is -0.397 e. The van der Waals surface area contributed by atoms with Gasteiger partial charge >= 0.3 is 0 Å². The number of pyridine rings is 1. The highest BCUT2D eigenvalue weighted by atomic mass is 32.1. The second kappa shape index (κ2) is 5.45. The molecule has 1 amide bonds. The van der Waals surface area contributed by atoms with Crippen molar-refractivity contribution in [1.82, 2.24) is 4.98 Å². The molecule has 4 N–H and O–H groups in total. The number of rotatable bonds is 3. The predicted octanol–water partition coefficient (Wildman–Crippen LogP) is 4.43. The Morgan fingerprint density at radius 1 is 1.09 bits per heavy atom. The first-order valence-electron chi connectivity index (χ1n) is 6.75. The van der Waals surface area contributed by atoms with E-state index in [0.717, 1.165) is 31.2 Å². The van der Waals surface area contributed by atoms with Crippen LogP contribution < -0.4 is 11.5 Å². The SMILES string of the molecule is NC(=O)c1sc2nc(-c3cccs3)cc(-c3cccs3)c2c1N. The van der Waals surface area contributed by atoms with E-state index in [0.29, 0.717) is 10.6 Å². The summed E-state index contributed by atoms with van der Waals surface area (Å²) in [6.45, 7) is 0. The summed E-state index contributed by atoms with van der Waals surface area (Å²) in [6, 6.07) is 10.1. The number of aromatic nitrogens is 1. The number of thiophene rings is 3. The van der Waals surface area contributed by atoms with Gasteiger partial charge in [-0.3, -0.25) is 4.79 Å². The summed E-state index contributed by atoms with van der Waals surface area (Å²) in [5, 5.41) is 4.85. The van der Waals surface area contributed by atoms with Gasteiger partial charge in [-0.05, 0) is 29.0 Å². The molecule has 114 valence electrons. The molecule has 4 aromatic rings. The molecule has 4 heterocycles. The molecule has 0 fully saturated rings. The zero-order valence-electron chi connectivity index (χ0n) is 11.8. The fraction of sp³-hybridized carbons (Fsp3) is 0. The molecule has 0 atom stereocenters. The van der Waals surface area contributed by atoms with Gasteiger partial charge < -0.3 is 11.5 Å². The number of nitrogens with two attached hydrogens (primary N) is 2. The molecule has 0 aliphatic heterocycles. The monoisotopic (exact) mass is 357 g/mol. The van der Waals surface area contributed by atoms with Crippen molar-refractivity contribution in [1.29, 1.82) is 0 Å². The Labute approximate surface area is 144 Å². The summed E-state index contributed by atoms with van der Waals surface area (Å²) in [4.78, 5) is 19.6. The van der Waals surface area contributed by atoms with Crippen LogP contribution in [0, 0.1) is 0 Å². The molecule has 0 aliphatic carbocycles. The first kappa shape index (κ1) is 14.4. The Balaban J connectivity index is 2.08. The van der Waals surface area contributed by atoms with Crippen LogP contribution in [0.15, 0.2) is 41.1 Å². The van der Waals surface area contributed by atoms with Gasteiger partial charge in [0, 0.05) is 15.8 Å². The molecule has 0 aliphatic rings. The van der Waals surface area contributed by atoms with Gasteiger partial charge in [-0.1, -0.05) is 12.1 Å². The molecule has 0 saturated carbocycles. The summed E-state index contributed by atoms with van der Waals surface area (Å²) < 4.78 is 0. The Morgan fingerprint density at radius 3 is 2.39 bits per heavy atom. The molecular formula is C16H11N3OS3. The Hall–Kier alpha value is -2.22. The van der Waals surface area contributed by atoms with Crippen molar-refractivity contribution in [2.75, 3.05) is 5.73 Å². The summed E-state index contributed by atoms with van der Waals surface area (Å²) >= 11 is 4.52. The lowest BCUT2D eigenvalue weighted by Crippen LogP contribution is -2.10. The smallest absolute Gasteiger partial charge is 0.260 e. The highest BCUT2D eigenvalue weighted by molar-refractivity contribution is 7.21. The highest BCUT2D eigenvalue weighted by Gasteiger charge is 2.20. The number of carbonyl (C=O) groups is 1. The largest absolute Gasteiger partial charge is 0.397 e. The number of carbonyl (C=O) groups excluding carboxylic acids is 1. The van der Waals surface area contributed by atoms with Crippen LogP contribution in [0.25, 0.3) is 31.2 Å². The van der Waals surface area contributed by atoms with Gasteiger partial charge in [0.2, 0.25) is 0 Å². The third kappa shape index (κ3) is 2.33. The van der Waals surface area contributed by atoms with E-state index in [4.69, 9.17) is 16.5 Å². The molecule has 4 rings (SSSR count). The van der Waals surface area contributed by atoms with Gasteiger partial charge in [-0.15, -0.1) is 34.0 Å². The minimum absolute atomic E-state index is 0.369. The van der Waals surface area contributed by atoms with E-state index in [1.54, 1.807) is 22.7 Å². The van der Waals surface area contributed by atoms with Crippen LogP contribution in [0.5, 0.6) is 0 Å². The Morgan fingerprint density at radius 2 is 1.78 bits per heavy atom. The van der Waals surface area contributed by atoms with Gasteiger partial charge in [0.15, 0.2) is 0 Å². The van der Waals surface area contributed by atoms with Gasteiger partial charge in [-0.2, -0.15) is 0 Å². The average molecular weight is 357 g/mol. The summed E-state index contributed by atoms with van der Waals surface area (Å²) in [6.07, 6.45) is 0. The number of nitrogen functional groups attached to an aromatic ring is 1. The van der Waals surface area contributed by atoms with Gasteiger partial charge in [0.05, 0.1) is 16.3 Å². The molecule has 0 saturated heterocycles. The molecule has 0 aromatic carbocycles. The van der Waals surface area contributed by atoms with Gasteiger partial charge in [0.25, 0.3) is 5.91 Å². The van der Waals surface area contributed by atoms with E-state index >= 15 is 0 Å². The van der Waals surface area contributed by atoms with Crippen molar-refractivity contribution >= 4 is 55.8 Å². The zero-order valence-corrected chi connectivity index (χ0v) is 14.2. The van der Waals surface area contributed by atoms with Crippen LogP contribution in [0.3, 0.4) is 0 Å². The second-order valence-electron chi connectivity index (χ2n) is 4.90. The first-order chi connectivity index (χ1) is 11.1. The third-order valence-corrected chi connectivity index (χ3v) is 6.39. The fourth-order valence-corrected chi connectivity index (χ4v) is 4.89. The average Bonchev–Trinajstić information content (AvgIpc) is 3.27. The number of nitrogens with zero attached hydrogens (tertiary/aromatic N) is 1. The van der Waals surface area contributed by atoms with Crippen molar-refractivity contribution in [3.05, 3.63) is 46.0 Å². The van der Waals surface area contributed by atoms with Crippen LogP contribution >= 0.6 is 34.0 Å². The summed E-state index contributed by atoms with van der Waals surface area (Å²) in [7, 11) is 0. The molecule has 4 nitrogen and oxygen atoms in total. The Bertz CT molecular complexity index is 1000.